The van der Waals surface area contributed by atoms with Gasteiger partial charge in [-0.15, -0.1) is 0 Å². The minimum atomic E-state index is -0.625. The minimum Gasteiger partial charge on any atom is -0.491 e. The van der Waals surface area contributed by atoms with Crippen molar-refractivity contribution in [1.29, 1.82) is 5.26 Å². The van der Waals surface area contributed by atoms with E-state index in [1.54, 1.807) is 48.5 Å². The maximum absolute atomic E-state index is 12.4. The molecule has 0 heterocycles. The van der Waals surface area contributed by atoms with Crippen molar-refractivity contribution < 1.29 is 24.5 Å². The third-order valence-corrected chi connectivity index (χ3v) is 4.16. The van der Waals surface area contributed by atoms with Gasteiger partial charge < -0.3 is 19.7 Å². The summed E-state index contributed by atoms with van der Waals surface area (Å²) in [5.41, 5.74) is 1.79. The molecular formula is C21H24N2O5. The third-order valence-electron chi connectivity index (χ3n) is 4.16. The maximum Gasteiger partial charge on any atom is 0.412 e. The molecule has 7 nitrogen and oxygen atoms in total. The molecule has 0 aliphatic heterocycles. The van der Waals surface area contributed by atoms with Crippen LogP contribution in [-0.2, 0) is 4.74 Å². The van der Waals surface area contributed by atoms with Gasteiger partial charge in [-0.3, -0.25) is 5.32 Å². The lowest BCUT2D eigenvalue weighted by atomic mass is 9.94. The lowest BCUT2D eigenvalue weighted by molar-refractivity contribution is 0.0667. The van der Waals surface area contributed by atoms with Gasteiger partial charge in [0.1, 0.15) is 18.5 Å². The van der Waals surface area contributed by atoms with Gasteiger partial charge >= 0.3 is 6.09 Å². The fourth-order valence-electron chi connectivity index (χ4n) is 2.68. The summed E-state index contributed by atoms with van der Waals surface area (Å²) >= 11 is 0. The Morgan fingerprint density at radius 3 is 2.36 bits per heavy atom. The van der Waals surface area contributed by atoms with E-state index in [1.165, 1.54) is 0 Å². The van der Waals surface area contributed by atoms with Crippen LogP contribution in [0.15, 0.2) is 48.5 Å². The molecule has 2 rings (SSSR count). The predicted molar refractivity (Wildman–Crippen MR) is 104 cm³/mol. The maximum atomic E-state index is 12.4. The zero-order valence-electron chi connectivity index (χ0n) is 15.7. The van der Waals surface area contributed by atoms with E-state index in [2.05, 4.69) is 5.32 Å². The van der Waals surface area contributed by atoms with Crippen LogP contribution in [-0.4, -0.2) is 36.1 Å². The first-order valence-corrected chi connectivity index (χ1v) is 8.99. The first kappa shape index (κ1) is 21.2. The molecule has 148 valence electrons. The van der Waals surface area contributed by atoms with E-state index in [4.69, 9.17) is 19.8 Å². The highest BCUT2D eigenvalue weighted by Gasteiger charge is 2.23. The first-order chi connectivity index (χ1) is 13.6. The highest BCUT2D eigenvalue weighted by Crippen LogP contribution is 2.30. The Morgan fingerprint density at radius 1 is 1.11 bits per heavy atom. The molecule has 0 saturated heterocycles. The smallest absolute Gasteiger partial charge is 0.412 e. The fourth-order valence-corrected chi connectivity index (χ4v) is 2.68. The summed E-state index contributed by atoms with van der Waals surface area (Å²) in [5.74, 6) is 0.495. The van der Waals surface area contributed by atoms with Gasteiger partial charge in [-0.2, -0.15) is 5.26 Å². The Hall–Kier alpha value is -3.08. The van der Waals surface area contributed by atoms with E-state index < -0.39 is 12.2 Å². The number of amides is 1. The second kappa shape index (κ2) is 10.9. The van der Waals surface area contributed by atoms with E-state index in [1.807, 2.05) is 13.0 Å². The summed E-state index contributed by atoms with van der Waals surface area (Å²) in [6, 6.07) is 15.5. The number of nitrogens with zero attached hydrogens (tertiary/aromatic N) is 1. The van der Waals surface area contributed by atoms with Gasteiger partial charge in [-0.25, -0.2) is 4.79 Å². The Labute approximate surface area is 164 Å². The van der Waals surface area contributed by atoms with Crippen LogP contribution >= 0.6 is 0 Å². The average molecular weight is 384 g/mol. The standard InChI is InChI=1S/C21H24N2O5/c1-15(10-11-24)20(17-4-8-19(9-5-17)27-13-12-25)28-21(26)23-18-6-2-16(14-22)3-7-18/h2-9,15,20,24-25H,10-13H2,1H3,(H,23,26)/t15-,20-/m0/s1. The van der Waals surface area contributed by atoms with E-state index in [9.17, 15) is 9.90 Å². The lowest BCUT2D eigenvalue weighted by Gasteiger charge is -2.24. The lowest BCUT2D eigenvalue weighted by Crippen LogP contribution is -2.22. The molecule has 3 N–H and O–H groups in total. The molecule has 0 radical (unpaired) electrons. The highest BCUT2D eigenvalue weighted by molar-refractivity contribution is 5.84. The summed E-state index contributed by atoms with van der Waals surface area (Å²) in [4.78, 5) is 12.4. The van der Waals surface area contributed by atoms with Crippen molar-refractivity contribution >= 4 is 11.8 Å². The van der Waals surface area contributed by atoms with E-state index in [0.29, 0.717) is 23.4 Å². The van der Waals surface area contributed by atoms with Gasteiger partial charge in [-0.1, -0.05) is 19.1 Å². The average Bonchev–Trinajstić information content (AvgIpc) is 2.71. The molecular weight excluding hydrogens is 360 g/mol. The highest BCUT2D eigenvalue weighted by atomic mass is 16.6. The number of nitriles is 1. The molecule has 0 unspecified atom stereocenters. The zero-order chi connectivity index (χ0) is 20.4. The normalized spacial score (nSPS) is 12.5. The van der Waals surface area contributed by atoms with Gasteiger partial charge in [0.2, 0.25) is 0 Å². The molecule has 0 fully saturated rings. The number of carbonyl (C=O) groups is 1. The number of nitrogens with one attached hydrogen (secondary N) is 1. The second-order valence-electron chi connectivity index (χ2n) is 6.27. The van der Waals surface area contributed by atoms with Crippen molar-refractivity contribution in [1.82, 2.24) is 0 Å². The quantitative estimate of drug-likeness (QED) is 0.612. The van der Waals surface area contributed by atoms with Gasteiger partial charge in [0, 0.05) is 12.3 Å². The van der Waals surface area contributed by atoms with E-state index >= 15 is 0 Å². The molecule has 7 heteroatoms. The van der Waals surface area contributed by atoms with Crippen LogP contribution in [0.2, 0.25) is 0 Å². The summed E-state index contributed by atoms with van der Waals surface area (Å²) < 4.78 is 11.0. The molecule has 2 aromatic carbocycles. The summed E-state index contributed by atoms with van der Waals surface area (Å²) in [5, 5.41) is 29.6. The number of rotatable bonds is 9. The van der Waals surface area contributed by atoms with Crippen LogP contribution in [0.25, 0.3) is 0 Å². The van der Waals surface area contributed by atoms with Crippen molar-refractivity contribution in [3.05, 3.63) is 59.7 Å². The predicted octanol–water partition coefficient (Wildman–Crippen LogP) is 3.24. The second-order valence-corrected chi connectivity index (χ2v) is 6.27. The van der Waals surface area contributed by atoms with Crippen molar-refractivity contribution in [2.75, 3.05) is 25.1 Å². The van der Waals surface area contributed by atoms with Crippen LogP contribution in [0.3, 0.4) is 0 Å². The topological polar surface area (TPSA) is 112 Å². The summed E-state index contributed by atoms with van der Waals surface area (Å²) in [7, 11) is 0. The number of ether oxygens (including phenoxy) is 2. The number of benzene rings is 2. The molecule has 28 heavy (non-hydrogen) atoms. The molecule has 0 bridgehead atoms. The van der Waals surface area contributed by atoms with Crippen LogP contribution in [0.4, 0.5) is 10.5 Å². The van der Waals surface area contributed by atoms with Gasteiger partial charge in [0.15, 0.2) is 0 Å². The molecule has 0 aliphatic rings. The Kier molecular flexibility index (Phi) is 8.28. The van der Waals surface area contributed by atoms with Gasteiger partial charge in [0.25, 0.3) is 0 Å². The van der Waals surface area contributed by atoms with Crippen molar-refractivity contribution in [3.8, 4) is 11.8 Å². The van der Waals surface area contributed by atoms with Gasteiger partial charge in [-0.05, 0) is 54.3 Å². The van der Waals surface area contributed by atoms with Crippen LogP contribution in [0.5, 0.6) is 5.75 Å². The molecule has 0 saturated carbocycles. The molecule has 2 atom stereocenters. The number of anilines is 1. The summed E-state index contributed by atoms with van der Waals surface area (Å²) in [6.45, 7) is 2.01. The minimum absolute atomic E-state index is 0.0179. The molecule has 0 spiro atoms. The Bertz CT molecular complexity index is 784. The largest absolute Gasteiger partial charge is 0.491 e. The zero-order valence-corrected chi connectivity index (χ0v) is 15.7. The number of hydrogen-bond donors (Lipinski definition) is 3. The SMILES string of the molecule is C[C@@H](CCO)[C@H](OC(=O)Nc1ccc(C#N)cc1)c1ccc(OCCO)cc1. The third kappa shape index (κ3) is 6.27. The van der Waals surface area contributed by atoms with Crippen LogP contribution in [0, 0.1) is 17.2 Å². The first-order valence-electron chi connectivity index (χ1n) is 8.99. The van der Waals surface area contributed by atoms with Crippen molar-refractivity contribution in [2.45, 2.75) is 19.4 Å². The Morgan fingerprint density at radius 2 is 1.79 bits per heavy atom. The number of carbonyl (C=O) groups excluding carboxylic acids is 1. The number of hydrogen-bond acceptors (Lipinski definition) is 6. The van der Waals surface area contributed by atoms with Crippen LogP contribution < -0.4 is 10.1 Å². The fraction of sp³-hybridized carbons (Fsp3) is 0.333. The number of aliphatic hydroxyl groups is 2. The Balaban J connectivity index is 2.09. The monoisotopic (exact) mass is 384 g/mol. The van der Waals surface area contributed by atoms with Crippen LogP contribution in [0.1, 0.15) is 30.6 Å². The van der Waals surface area contributed by atoms with E-state index in [-0.39, 0.29) is 25.7 Å². The number of aliphatic hydroxyl groups excluding tert-OH is 2. The summed E-state index contributed by atoms with van der Waals surface area (Å²) in [6.07, 6.45) is -0.713. The molecule has 0 aromatic heterocycles. The molecule has 1 amide bonds. The van der Waals surface area contributed by atoms with E-state index in [0.717, 1.165) is 5.56 Å². The molecule has 2 aromatic rings. The molecule has 0 aliphatic carbocycles. The van der Waals surface area contributed by atoms with Crippen molar-refractivity contribution in [3.63, 3.8) is 0 Å². The van der Waals surface area contributed by atoms with Crippen molar-refractivity contribution in [2.24, 2.45) is 5.92 Å². The van der Waals surface area contributed by atoms with Gasteiger partial charge in [0.05, 0.1) is 18.2 Å².